The largest absolute Gasteiger partial charge is 0.314 e. The van der Waals surface area contributed by atoms with Gasteiger partial charge in [0, 0.05) is 38.4 Å². The van der Waals surface area contributed by atoms with Gasteiger partial charge in [-0.25, -0.2) is 0 Å². The Morgan fingerprint density at radius 1 is 1.38 bits per heavy atom. The molecule has 1 aliphatic rings. The van der Waals surface area contributed by atoms with Crippen LogP contribution in [-0.4, -0.2) is 36.1 Å². The molecule has 88 valence electrons. The van der Waals surface area contributed by atoms with Crippen molar-refractivity contribution in [3.63, 3.8) is 0 Å². The van der Waals surface area contributed by atoms with Crippen molar-refractivity contribution in [2.75, 3.05) is 26.2 Å². The first-order chi connectivity index (χ1) is 7.81. The molecule has 3 heteroatoms. The van der Waals surface area contributed by atoms with Gasteiger partial charge < -0.3 is 5.32 Å². The van der Waals surface area contributed by atoms with Gasteiger partial charge in [-0.15, -0.1) is 0 Å². The molecule has 1 atom stereocenters. The smallest absolute Gasteiger partial charge is 0.0572 e. The first kappa shape index (κ1) is 11.6. The lowest BCUT2D eigenvalue weighted by Crippen LogP contribution is -2.44. The lowest BCUT2D eigenvalue weighted by molar-refractivity contribution is 0.182. The third kappa shape index (κ3) is 2.60. The molecule has 0 aliphatic carbocycles. The minimum atomic E-state index is 0.438. The number of hydrogen-bond acceptors (Lipinski definition) is 3. The van der Waals surface area contributed by atoms with E-state index < -0.39 is 0 Å². The minimum absolute atomic E-state index is 0.438. The van der Waals surface area contributed by atoms with Gasteiger partial charge in [-0.2, -0.15) is 0 Å². The van der Waals surface area contributed by atoms with Crippen LogP contribution in [0.3, 0.4) is 0 Å². The van der Waals surface area contributed by atoms with E-state index in [9.17, 15) is 0 Å². The normalized spacial score (nSPS) is 19.6. The molecule has 3 nitrogen and oxygen atoms in total. The van der Waals surface area contributed by atoms with E-state index in [0.29, 0.717) is 6.04 Å². The number of aryl methyl sites for hydroxylation is 1. The molecule has 2 heterocycles. The molecular weight excluding hydrogens is 198 g/mol. The van der Waals surface area contributed by atoms with Crippen molar-refractivity contribution in [1.29, 1.82) is 0 Å². The van der Waals surface area contributed by atoms with Gasteiger partial charge >= 0.3 is 0 Å². The van der Waals surface area contributed by atoms with Crippen LogP contribution in [0.25, 0.3) is 0 Å². The summed E-state index contributed by atoms with van der Waals surface area (Å²) in [7, 11) is 0. The summed E-state index contributed by atoms with van der Waals surface area (Å²) >= 11 is 0. The molecule has 0 saturated carbocycles. The molecule has 2 rings (SSSR count). The molecule has 0 radical (unpaired) electrons. The SMILES string of the molecule is CCc1ccc(C(C)N2CCNCC2)nc1. The van der Waals surface area contributed by atoms with Crippen LogP contribution in [0, 0.1) is 0 Å². The average molecular weight is 219 g/mol. The number of nitrogens with zero attached hydrogens (tertiary/aromatic N) is 2. The summed E-state index contributed by atoms with van der Waals surface area (Å²) in [5.74, 6) is 0. The zero-order valence-corrected chi connectivity index (χ0v) is 10.2. The lowest BCUT2D eigenvalue weighted by Gasteiger charge is -2.32. The molecule has 1 saturated heterocycles. The molecular formula is C13H21N3. The Hall–Kier alpha value is -0.930. The summed E-state index contributed by atoms with van der Waals surface area (Å²) in [6, 6.07) is 4.81. The molecule has 0 bridgehead atoms. The van der Waals surface area contributed by atoms with Crippen LogP contribution < -0.4 is 5.32 Å². The molecule has 1 fully saturated rings. The fraction of sp³-hybridized carbons (Fsp3) is 0.615. The number of nitrogens with one attached hydrogen (secondary N) is 1. The Balaban J connectivity index is 2.04. The average Bonchev–Trinajstić information content (AvgIpc) is 2.39. The summed E-state index contributed by atoms with van der Waals surface area (Å²) < 4.78 is 0. The van der Waals surface area contributed by atoms with Crippen LogP contribution >= 0.6 is 0 Å². The number of hydrogen-bond donors (Lipinski definition) is 1. The fourth-order valence-electron chi connectivity index (χ4n) is 2.15. The molecule has 1 aromatic rings. The van der Waals surface area contributed by atoms with Gasteiger partial charge in [0.25, 0.3) is 0 Å². The molecule has 1 aromatic heterocycles. The Morgan fingerprint density at radius 3 is 2.69 bits per heavy atom. The molecule has 0 amide bonds. The monoisotopic (exact) mass is 219 g/mol. The molecule has 0 aromatic carbocycles. The van der Waals surface area contributed by atoms with Crippen molar-refractivity contribution < 1.29 is 0 Å². The Morgan fingerprint density at radius 2 is 2.12 bits per heavy atom. The predicted molar refractivity (Wildman–Crippen MR) is 66.5 cm³/mol. The summed E-state index contributed by atoms with van der Waals surface area (Å²) in [6.07, 6.45) is 3.07. The highest BCUT2D eigenvalue weighted by Crippen LogP contribution is 2.18. The van der Waals surface area contributed by atoms with Crippen LogP contribution in [0.2, 0.25) is 0 Å². The first-order valence-electron chi connectivity index (χ1n) is 6.21. The maximum Gasteiger partial charge on any atom is 0.0572 e. The van der Waals surface area contributed by atoms with Crippen LogP contribution in [0.5, 0.6) is 0 Å². The van der Waals surface area contributed by atoms with Crippen molar-refractivity contribution in [3.8, 4) is 0 Å². The van der Waals surface area contributed by atoms with E-state index in [0.717, 1.165) is 32.6 Å². The molecule has 16 heavy (non-hydrogen) atoms. The first-order valence-corrected chi connectivity index (χ1v) is 6.21. The highest BCUT2D eigenvalue weighted by atomic mass is 15.2. The van der Waals surface area contributed by atoms with Crippen molar-refractivity contribution in [2.24, 2.45) is 0 Å². The van der Waals surface area contributed by atoms with Gasteiger partial charge in [0.15, 0.2) is 0 Å². The van der Waals surface area contributed by atoms with Crippen LogP contribution in [0.15, 0.2) is 18.3 Å². The Bertz CT molecular complexity index is 314. The maximum atomic E-state index is 4.56. The third-order valence-corrected chi connectivity index (χ3v) is 3.38. The van der Waals surface area contributed by atoms with E-state index in [4.69, 9.17) is 0 Å². The molecule has 0 spiro atoms. The summed E-state index contributed by atoms with van der Waals surface area (Å²) in [6.45, 7) is 8.85. The van der Waals surface area contributed by atoms with Gasteiger partial charge in [0.05, 0.1) is 5.69 Å². The van der Waals surface area contributed by atoms with E-state index in [1.54, 1.807) is 0 Å². The second-order valence-corrected chi connectivity index (χ2v) is 4.41. The van der Waals surface area contributed by atoms with Crippen molar-refractivity contribution >= 4 is 0 Å². The summed E-state index contributed by atoms with van der Waals surface area (Å²) in [5, 5.41) is 3.38. The van der Waals surface area contributed by atoms with Gasteiger partial charge in [-0.3, -0.25) is 9.88 Å². The summed E-state index contributed by atoms with van der Waals surface area (Å²) in [5.41, 5.74) is 2.51. The lowest BCUT2D eigenvalue weighted by atomic mass is 10.1. The van der Waals surface area contributed by atoms with Gasteiger partial charge in [-0.1, -0.05) is 13.0 Å². The van der Waals surface area contributed by atoms with E-state index >= 15 is 0 Å². The van der Waals surface area contributed by atoms with Gasteiger partial charge in [0.1, 0.15) is 0 Å². The maximum absolute atomic E-state index is 4.56. The van der Waals surface area contributed by atoms with Crippen molar-refractivity contribution in [2.45, 2.75) is 26.3 Å². The van der Waals surface area contributed by atoms with Gasteiger partial charge in [-0.05, 0) is 25.0 Å². The summed E-state index contributed by atoms with van der Waals surface area (Å²) in [4.78, 5) is 7.05. The zero-order chi connectivity index (χ0) is 11.4. The topological polar surface area (TPSA) is 28.2 Å². The molecule has 1 unspecified atom stereocenters. The van der Waals surface area contributed by atoms with Gasteiger partial charge in [0.2, 0.25) is 0 Å². The second-order valence-electron chi connectivity index (χ2n) is 4.41. The van der Waals surface area contributed by atoms with Crippen molar-refractivity contribution in [1.82, 2.24) is 15.2 Å². The standard InChI is InChI=1S/C13H21N3/c1-3-12-4-5-13(15-10-12)11(2)16-8-6-14-7-9-16/h4-5,10-11,14H,3,6-9H2,1-2H3. The zero-order valence-electron chi connectivity index (χ0n) is 10.2. The fourth-order valence-corrected chi connectivity index (χ4v) is 2.15. The third-order valence-electron chi connectivity index (χ3n) is 3.38. The highest BCUT2D eigenvalue weighted by molar-refractivity contribution is 5.16. The van der Waals surface area contributed by atoms with Crippen LogP contribution in [0.1, 0.15) is 31.1 Å². The van der Waals surface area contributed by atoms with E-state index in [2.05, 4.69) is 41.2 Å². The highest BCUT2D eigenvalue weighted by Gasteiger charge is 2.18. The number of aromatic nitrogens is 1. The van der Waals surface area contributed by atoms with Crippen LogP contribution in [0.4, 0.5) is 0 Å². The number of rotatable bonds is 3. The predicted octanol–water partition coefficient (Wildman–Crippen LogP) is 1.61. The van der Waals surface area contributed by atoms with Crippen molar-refractivity contribution in [3.05, 3.63) is 29.6 Å². The minimum Gasteiger partial charge on any atom is -0.314 e. The number of piperazine rings is 1. The van der Waals surface area contributed by atoms with Crippen LogP contribution in [-0.2, 0) is 6.42 Å². The quantitative estimate of drug-likeness (QED) is 0.837. The second kappa shape index (κ2) is 5.41. The Kier molecular flexibility index (Phi) is 3.91. The number of pyridine rings is 1. The van der Waals surface area contributed by atoms with E-state index in [-0.39, 0.29) is 0 Å². The molecule has 1 aliphatic heterocycles. The Labute approximate surface area is 97.9 Å². The van der Waals surface area contributed by atoms with E-state index in [1.807, 2.05) is 6.20 Å². The molecule has 1 N–H and O–H groups in total. The van der Waals surface area contributed by atoms with E-state index in [1.165, 1.54) is 11.3 Å².